The van der Waals surface area contributed by atoms with E-state index < -0.39 is 5.97 Å². The molecule has 0 aromatic heterocycles. The highest BCUT2D eigenvalue weighted by atomic mass is 16.4. The lowest BCUT2D eigenvalue weighted by Crippen LogP contribution is -2.44. The third kappa shape index (κ3) is 6.37. The van der Waals surface area contributed by atoms with E-state index in [1.165, 1.54) is 0 Å². The van der Waals surface area contributed by atoms with E-state index in [9.17, 15) is 9.59 Å². The quantitative estimate of drug-likeness (QED) is 0.719. The normalized spacial score (nSPS) is 25.0. The number of carboxylic acids is 1. The van der Waals surface area contributed by atoms with Gasteiger partial charge >= 0.3 is 5.97 Å². The van der Waals surface area contributed by atoms with Crippen LogP contribution in [0.15, 0.2) is 0 Å². The van der Waals surface area contributed by atoms with E-state index in [1.807, 2.05) is 20.8 Å². The van der Waals surface area contributed by atoms with Crippen molar-refractivity contribution in [3.8, 4) is 0 Å². The lowest BCUT2D eigenvalue weighted by atomic mass is 9.84. The van der Waals surface area contributed by atoms with Crippen LogP contribution in [0, 0.1) is 11.3 Å². The molecule has 0 bridgehead atoms. The van der Waals surface area contributed by atoms with Crippen LogP contribution in [-0.4, -0.2) is 29.1 Å². The molecule has 0 radical (unpaired) electrons. The molecule has 1 fully saturated rings. The van der Waals surface area contributed by atoms with Gasteiger partial charge in [0.25, 0.3) is 0 Å². The second-order valence-electron chi connectivity index (χ2n) is 7.19. The van der Waals surface area contributed by atoms with Gasteiger partial charge in [-0.05, 0) is 31.1 Å². The average Bonchev–Trinajstić information content (AvgIpc) is 2.25. The fourth-order valence-electron chi connectivity index (χ4n) is 2.91. The Hall–Kier alpha value is -1.10. The number of nitrogens with two attached hydrogens (primary N) is 1. The summed E-state index contributed by atoms with van der Waals surface area (Å²) in [5.74, 6) is -0.967. The number of rotatable bonds is 5. The van der Waals surface area contributed by atoms with Crippen molar-refractivity contribution in [2.75, 3.05) is 0 Å². The van der Waals surface area contributed by atoms with Crippen molar-refractivity contribution in [3.63, 3.8) is 0 Å². The summed E-state index contributed by atoms with van der Waals surface area (Å²) in [7, 11) is 0. The van der Waals surface area contributed by atoms with Gasteiger partial charge in [0.2, 0.25) is 5.91 Å². The topological polar surface area (TPSA) is 92.4 Å². The van der Waals surface area contributed by atoms with Crippen molar-refractivity contribution in [1.29, 1.82) is 0 Å². The molecule has 1 aliphatic rings. The second-order valence-corrected chi connectivity index (χ2v) is 7.19. The van der Waals surface area contributed by atoms with E-state index >= 15 is 0 Å². The van der Waals surface area contributed by atoms with E-state index in [2.05, 4.69) is 5.32 Å². The first-order valence-electron chi connectivity index (χ1n) is 7.45. The van der Waals surface area contributed by atoms with Gasteiger partial charge in [-0.3, -0.25) is 9.59 Å². The molecule has 20 heavy (non-hydrogen) atoms. The number of hydrogen-bond acceptors (Lipinski definition) is 3. The van der Waals surface area contributed by atoms with Gasteiger partial charge in [-0.1, -0.05) is 27.2 Å². The van der Waals surface area contributed by atoms with E-state index in [0.717, 1.165) is 19.3 Å². The minimum absolute atomic E-state index is 0.0175. The summed E-state index contributed by atoms with van der Waals surface area (Å²) < 4.78 is 0. The SMILES string of the molecule is CC(C)(C)CC(CC(=O)O)NC(=O)C1CCCC(N)C1. The summed E-state index contributed by atoms with van der Waals surface area (Å²) in [4.78, 5) is 23.2. The molecule has 0 aromatic carbocycles. The number of nitrogens with one attached hydrogen (secondary N) is 1. The van der Waals surface area contributed by atoms with Gasteiger partial charge in [0.05, 0.1) is 6.42 Å². The maximum atomic E-state index is 12.3. The average molecular weight is 284 g/mol. The molecule has 3 atom stereocenters. The Balaban J connectivity index is 2.58. The summed E-state index contributed by atoms with van der Waals surface area (Å²) in [6.45, 7) is 6.14. The van der Waals surface area contributed by atoms with Crippen molar-refractivity contribution >= 4 is 11.9 Å². The number of carboxylic acid groups (broad SMARTS) is 1. The first-order chi connectivity index (χ1) is 9.17. The van der Waals surface area contributed by atoms with Crippen molar-refractivity contribution in [1.82, 2.24) is 5.32 Å². The van der Waals surface area contributed by atoms with Gasteiger partial charge in [-0.2, -0.15) is 0 Å². The maximum absolute atomic E-state index is 12.3. The zero-order chi connectivity index (χ0) is 15.3. The van der Waals surface area contributed by atoms with Crippen LogP contribution in [0.1, 0.15) is 59.3 Å². The highest BCUT2D eigenvalue weighted by Crippen LogP contribution is 2.25. The van der Waals surface area contributed by atoms with Gasteiger partial charge < -0.3 is 16.2 Å². The van der Waals surface area contributed by atoms with Crippen LogP contribution in [0.5, 0.6) is 0 Å². The Labute approximate surface area is 121 Å². The Morgan fingerprint density at radius 1 is 1.35 bits per heavy atom. The molecule has 1 rings (SSSR count). The largest absolute Gasteiger partial charge is 0.481 e. The molecule has 3 unspecified atom stereocenters. The lowest BCUT2D eigenvalue weighted by molar-refractivity contribution is -0.138. The monoisotopic (exact) mass is 284 g/mol. The van der Waals surface area contributed by atoms with Crippen LogP contribution in [0.3, 0.4) is 0 Å². The van der Waals surface area contributed by atoms with Crippen LogP contribution in [-0.2, 0) is 9.59 Å². The van der Waals surface area contributed by atoms with Gasteiger partial charge in [0, 0.05) is 18.0 Å². The molecule has 0 saturated heterocycles. The molecule has 5 nitrogen and oxygen atoms in total. The lowest BCUT2D eigenvalue weighted by Gasteiger charge is -2.30. The molecule has 0 heterocycles. The van der Waals surface area contributed by atoms with Gasteiger partial charge in [-0.15, -0.1) is 0 Å². The van der Waals surface area contributed by atoms with Crippen LogP contribution in [0.4, 0.5) is 0 Å². The zero-order valence-corrected chi connectivity index (χ0v) is 12.8. The summed E-state index contributed by atoms with van der Waals surface area (Å²) in [5.41, 5.74) is 5.88. The maximum Gasteiger partial charge on any atom is 0.305 e. The molecule has 4 N–H and O–H groups in total. The van der Waals surface area contributed by atoms with Gasteiger partial charge in [-0.25, -0.2) is 0 Å². The fourth-order valence-corrected chi connectivity index (χ4v) is 2.91. The predicted molar refractivity (Wildman–Crippen MR) is 78.2 cm³/mol. The highest BCUT2D eigenvalue weighted by molar-refractivity contribution is 5.80. The Kier molecular flexibility index (Phi) is 5.99. The van der Waals surface area contributed by atoms with Crippen molar-refractivity contribution in [2.24, 2.45) is 17.1 Å². The number of aliphatic carboxylic acids is 1. The molecule has 0 aromatic rings. The molecular weight excluding hydrogens is 256 g/mol. The smallest absolute Gasteiger partial charge is 0.305 e. The Morgan fingerprint density at radius 3 is 2.50 bits per heavy atom. The summed E-state index contributed by atoms with van der Waals surface area (Å²) in [5, 5.41) is 11.9. The number of carbonyl (C=O) groups is 2. The Morgan fingerprint density at radius 2 is 2.00 bits per heavy atom. The minimum Gasteiger partial charge on any atom is -0.481 e. The number of carbonyl (C=O) groups excluding carboxylic acids is 1. The third-order valence-corrected chi connectivity index (χ3v) is 3.71. The minimum atomic E-state index is -0.875. The number of amides is 1. The molecule has 1 aliphatic carbocycles. The van der Waals surface area contributed by atoms with Gasteiger partial charge in [0.1, 0.15) is 0 Å². The first kappa shape index (κ1) is 17.0. The standard InChI is InChI=1S/C15H28N2O3/c1-15(2,3)9-12(8-13(18)19)17-14(20)10-5-4-6-11(16)7-10/h10-12H,4-9,16H2,1-3H3,(H,17,20)(H,18,19). The molecule has 0 aliphatic heterocycles. The van der Waals surface area contributed by atoms with Crippen molar-refractivity contribution in [2.45, 2.75) is 71.4 Å². The Bertz CT molecular complexity index is 350. The predicted octanol–water partition coefficient (Wildman–Crippen LogP) is 1.90. The van der Waals surface area contributed by atoms with Crippen LogP contribution in [0.25, 0.3) is 0 Å². The molecule has 1 amide bonds. The van der Waals surface area contributed by atoms with Crippen LogP contribution < -0.4 is 11.1 Å². The molecular formula is C15H28N2O3. The van der Waals surface area contributed by atoms with Crippen LogP contribution in [0.2, 0.25) is 0 Å². The van der Waals surface area contributed by atoms with E-state index in [4.69, 9.17) is 10.8 Å². The zero-order valence-electron chi connectivity index (χ0n) is 12.8. The molecule has 0 spiro atoms. The van der Waals surface area contributed by atoms with Gasteiger partial charge in [0.15, 0.2) is 0 Å². The first-order valence-corrected chi connectivity index (χ1v) is 7.45. The summed E-state index contributed by atoms with van der Waals surface area (Å²) in [6, 6.07) is -0.210. The fraction of sp³-hybridized carbons (Fsp3) is 0.867. The summed E-state index contributed by atoms with van der Waals surface area (Å²) >= 11 is 0. The van der Waals surface area contributed by atoms with Crippen molar-refractivity contribution < 1.29 is 14.7 Å². The van der Waals surface area contributed by atoms with E-state index in [-0.39, 0.29) is 35.7 Å². The van der Waals surface area contributed by atoms with E-state index in [0.29, 0.717) is 12.8 Å². The van der Waals surface area contributed by atoms with E-state index in [1.54, 1.807) is 0 Å². The third-order valence-electron chi connectivity index (χ3n) is 3.71. The summed E-state index contributed by atoms with van der Waals surface area (Å²) in [6.07, 6.45) is 4.15. The van der Waals surface area contributed by atoms with Crippen LogP contribution >= 0.6 is 0 Å². The second kappa shape index (κ2) is 7.07. The molecule has 1 saturated carbocycles. The van der Waals surface area contributed by atoms with Crippen molar-refractivity contribution in [3.05, 3.63) is 0 Å². The highest BCUT2D eigenvalue weighted by Gasteiger charge is 2.29. The number of hydrogen-bond donors (Lipinski definition) is 3. The molecule has 116 valence electrons. The molecule has 5 heteroatoms.